The first-order valence-electron chi connectivity index (χ1n) is 11.0. The highest BCUT2D eigenvalue weighted by atomic mass is 16.5. The molecule has 34 heavy (non-hydrogen) atoms. The summed E-state index contributed by atoms with van der Waals surface area (Å²) >= 11 is 0. The van der Waals surface area contributed by atoms with Crippen LogP contribution in [-0.4, -0.2) is 30.9 Å². The lowest BCUT2D eigenvalue weighted by molar-refractivity contribution is 0.0600. The predicted molar refractivity (Wildman–Crippen MR) is 131 cm³/mol. The van der Waals surface area contributed by atoms with E-state index in [2.05, 4.69) is 5.32 Å². The number of hydrogen-bond donors (Lipinski definition) is 2. The van der Waals surface area contributed by atoms with Crippen LogP contribution in [0.4, 0.5) is 4.79 Å². The monoisotopic (exact) mass is 459 g/mol. The van der Waals surface area contributed by atoms with E-state index >= 15 is 0 Å². The van der Waals surface area contributed by atoms with Crippen molar-refractivity contribution in [1.29, 1.82) is 0 Å². The first-order valence-corrected chi connectivity index (χ1v) is 11.0. The number of benzene rings is 3. The Morgan fingerprint density at radius 2 is 1.53 bits per heavy atom. The maximum atomic E-state index is 12.8. The molecule has 0 fully saturated rings. The summed E-state index contributed by atoms with van der Waals surface area (Å²) < 4.78 is 10.3. The van der Waals surface area contributed by atoms with E-state index in [0.29, 0.717) is 5.56 Å². The van der Waals surface area contributed by atoms with Crippen LogP contribution in [0.2, 0.25) is 0 Å². The summed E-state index contributed by atoms with van der Waals surface area (Å²) in [6, 6.07) is 25.4. The molecule has 0 aromatic heterocycles. The van der Waals surface area contributed by atoms with Gasteiger partial charge in [0.1, 0.15) is 6.61 Å². The van der Waals surface area contributed by atoms with Gasteiger partial charge in [-0.2, -0.15) is 0 Å². The number of hydrogen-bond acceptors (Lipinski definition) is 5. The minimum atomic E-state index is -0.579. The summed E-state index contributed by atoms with van der Waals surface area (Å²) in [7, 11) is 1.33. The Balaban J connectivity index is 1.95. The lowest BCUT2D eigenvalue weighted by Gasteiger charge is -2.24. The number of aliphatic hydroxyl groups is 1. The molecule has 6 heteroatoms. The Morgan fingerprint density at radius 1 is 0.912 bits per heavy atom. The zero-order valence-corrected chi connectivity index (χ0v) is 19.3. The zero-order chi connectivity index (χ0) is 24.3. The molecule has 0 saturated carbocycles. The van der Waals surface area contributed by atoms with Crippen LogP contribution >= 0.6 is 0 Å². The van der Waals surface area contributed by atoms with Crippen molar-refractivity contribution in [1.82, 2.24) is 5.32 Å². The normalized spacial score (nSPS) is 13.0. The van der Waals surface area contributed by atoms with E-state index in [1.807, 2.05) is 73.7 Å². The van der Waals surface area contributed by atoms with Gasteiger partial charge in [-0.05, 0) is 40.3 Å². The van der Waals surface area contributed by atoms with Gasteiger partial charge in [-0.3, -0.25) is 0 Å². The van der Waals surface area contributed by atoms with Crippen LogP contribution in [0.3, 0.4) is 0 Å². The summed E-state index contributed by atoms with van der Waals surface area (Å²) in [6.07, 6.45) is 1.36. The van der Waals surface area contributed by atoms with Gasteiger partial charge in [0.15, 0.2) is 0 Å². The van der Waals surface area contributed by atoms with E-state index in [1.165, 1.54) is 7.11 Å². The van der Waals surface area contributed by atoms with Gasteiger partial charge in [0, 0.05) is 6.61 Å². The molecule has 0 saturated heterocycles. The molecule has 0 bridgehead atoms. The second-order valence-corrected chi connectivity index (χ2v) is 7.90. The highest BCUT2D eigenvalue weighted by molar-refractivity contribution is 5.89. The maximum absolute atomic E-state index is 12.8. The fourth-order valence-corrected chi connectivity index (χ4v) is 3.50. The lowest BCUT2D eigenvalue weighted by Crippen LogP contribution is -2.30. The molecule has 0 heterocycles. The van der Waals surface area contributed by atoms with Gasteiger partial charge in [0.05, 0.1) is 18.7 Å². The van der Waals surface area contributed by atoms with Gasteiger partial charge >= 0.3 is 12.1 Å². The van der Waals surface area contributed by atoms with Gasteiger partial charge < -0.3 is 19.9 Å². The highest BCUT2D eigenvalue weighted by Gasteiger charge is 2.23. The second kappa shape index (κ2) is 12.4. The van der Waals surface area contributed by atoms with Crippen LogP contribution in [0.5, 0.6) is 0 Å². The molecule has 0 spiro atoms. The third-order valence-corrected chi connectivity index (χ3v) is 5.31. The van der Waals surface area contributed by atoms with Crippen LogP contribution in [0, 0.1) is 5.92 Å². The van der Waals surface area contributed by atoms with Crippen molar-refractivity contribution in [2.45, 2.75) is 19.6 Å². The number of alkyl carbamates (subject to hydrolysis) is 1. The first-order chi connectivity index (χ1) is 16.5. The SMILES string of the molecule is COC(=O)c1ccc(C(NC(=O)OCc2ccccc2)/C(=C\[C@@H](C)CO)c2ccccc2)cc1. The largest absolute Gasteiger partial charge is 0.465 e. The number of carbonyl (C=O) groups excluding carboxylic acids is 2. The van der Waals surface area contributed by atoms with E-state index in [4.69, 9.17) is 9.47 Å². The zero-order valence-electron chi connectivity index (χ0n) is 19.3. The Hall–Kier alpha value is -3.90. The van der Waals surface area contributed by atoms with E-state index in [0.717, 1.165) is 22.3 Å². The molecule has 3 aromatic rings. The predicted octanol–water partition coefficient (Wildman–Crippen LogP) is 5.15. The highest BCUT2D eigenvalue weighted by Crippen LogP contribution is 2.32. The van der Waals surface area contributed by atoms with Crippen LogP contribution in [0.1, 0.15) is 40.0 Å². The van der Waals surface area contributed by atoms with E-state index in [-0.39, 0.29) is 19.1 Å². The third-order valence-electron chi connectivity index (χ3n) is 5.31. The molecule has 176 valence electrons. The number of aliphatic hydroxyl groups excluding tert-OH is 1. The summed E-state index contributed by atoms with van der Waals surface area (Å²) in [4.78, 5) is 24.7. The first kappa shape index (κ1) is 24.7. The Kier molecular flexibility index (Phi) is 9.00. The third kappa shape index (κ3) is 6.80. The Morgan fingerprint density at radius 3 is 2.12 bits per heavy atom. The standard InChI is InChI=1S/C28H29NO5/c1-20(18-30)17-25(22-11-7-4-8-12-22)26(23-13-15-24(16-14-23)27(31)33-2)29-28(32)34-19-21-9-5-3-6-10-21/h3-17,20,26,30H,18-19H2,1-2H3,(H,29,32)/b25-17-/t20-,26?/m1/s1. The maximum Gasteiger partial charge on any atom is 0.408 e. The minimum absolute atomic E-state index is 0.0389. The molecule has 3 rings (SSSR count). The molecule has 0 aliphatic heterocycles. The summed E-state index contributed by atoms with van der Waals surface area (Å²) in [5.41, 5.74) is 3.75. The molecular formula is C28H29NO5. The van der Waals surface area contributed by atoms with Crippen molar-refractivity contribution in [3.05, 3.63) is 113 Å². The average molecular weight is 460 g/mol. The fourth-order valence-electron chi connectivity index (χ4n) is 3.50. The van der Waals surface area contributed by atoms with Gasteiger partial charge in [-0.15, -0.1) is 0 Å². The van der Waals surface area contributed by atoms with Gasteiger partial charge in [-0.25, -0.2) is 9.59 Å². The van der Waals surface area contributed by atoms with E-state index < -0.39 is 18.1 Å². The molecule has 3 aromatic carbocycles. The number of carbonyl (C=O) groups is 2. The van der Waals surface area contributed by atoms with Gasteiger partial charge in [0.2, 0.25) is 0 Å². The quantitative estimate of drug-likeness (QED) is 0.432. The topological polar surface area (TPSA) is 84.9 Å². The van der Waals surface area contributed by atoms with Crippen LogP contribution in [-0.2, 0) is 16.1 Å². The number of amides is 1. The fraction of sp³-hybridized carbons (Fsp3) is 0.214. The summed E-state index contributed by atoms with van der Waals surface area (Å²) in [5.74, 6) is -0.583. The van der Waals surface area contributed by atoms with Crippen molar-refractivity contribution in [3.8, 4) is 0 Å². The average Bonchev–Trinajstić information content (AvgIpc) is 2.90. The van der Waals surface area contributed by atoms with Crippen LogP contribution < -0.4 is 5.32 Å². The molecule has 0 aliphatic rings. The molecule has 1 amide bonds. The number of ether oxygens (including phenoxy) is 2. The van der Waals surface area contributed by atoms with E-state index in [1.54, 1.807) is 24.3 Å². The number of methoxy groups -OCH3 is 1. The van der Waals surface area contributed by atoms with Crippen molar-refractivity contribution < 1.29 is 24.2 Å². The molecule has 0 aliphatic carbocycles. The smallest absolute Gasteiger partial charge is 0.408 e. The summed E-state index contributed by atoms with van der Waals surface area (Å²) in [6.45, 7) is 2.00. The van der Waals surface area contributed by atoms with Crippen LogP contribution in [0.25, 0.3) is 5.57 Å². The number of rotatable bonds is 9. The van der Waals surface area contributed by atoms with Crippen molar-refractivity contribution >= 4 is 17.6 Å². The molecule has 2 N–H and O–H groups in total. The molecule has 2 atom stereocenters. The lowest BCUT2D eigenvalue weighted by atomic mass is 9.90. The molecule has 0 radical (unpaired) electrons. The number of nitrogens with one attached hydrogen (secondary N) is 1. The number of esters is 1. The van der Waals surface area contributed by atoms with Crippen molar-refractivity contribution in [2.24, 2.45) is 5.92 Å². The van der Waals surface area contributed by atoms with Gasteiger partial charge in [0.25, 0.3) is 0 Å². The van der Waals surface area contributed by atoms with Crippen molar-refractivity contribution in [2.75, 3.05) is 13.7 Å². The second-order valence-electron chi connectivity index (χ2n) is 7.90. The summed E-state index contributed by atoms with van der Waals surface area (Å²) in [5, 5.41) is 12.7. The van der Waals surface area contributed by atoms with Gasteiger partial charge in [-0.1, -0.05) is 85.8 Å². The Labute approximate surface area is 199 Å². The molecular weight excluding hydrogens is 430 g/mol. The minimum Gasteiger partial charge on any atom is -0.465 e. The van der Waals surface area contributed by atoms with Crippen molar-refractivity contribution in [3.63, 3.8) is 0 Å². The molecule has 1 unspecified atom stereocenters. The molecule has 6 nitrogen and oxygen atoms in total. The van der Waals surface area contributed by atoms with E-state index in [9.17, 15) is 14.7 Å². The Bertz CT molecular complexity index is 1090. The van der Waals surface area contributed by atoms with Crippen LogP contribution in [0.15, 0.2) is 91.0 Å².